The maximum atomic E-state index is 13.1. The summed E-state index contributed by atoms with van der Waals surface area (Å²) in [5.74, 6) is -0.325. The van der Waals surface area contributed by atoms with E-state index in [1.165, 1.54) is 12.1 Å². The molecule has 0 bridgehead atoms. The number of anilines is 1. The van der Waals surface area contributed by atoms with Crippen LogP contribution in [-0.2, 0) is 6.54 Å². The number of nitrogens with two attached hydrogens (primary N) is 1. The Labute approximate surface area is 175 Å². The normalized spacial score (nSPS) is 17.7. The predicted octanol–water partition coefficient (Wildman–Crippen LogP) is 3.86. The molecule has 1 aliphatic rings. The summed E-state index contributed by atoms with van der Waals surface area (Å²) in [6.45, 7) is 5.51. The molecule has 1 atom stereocenters. The molecule has 0 unspecified atom stereocenters. The Bertz CT molecular complexity index is 1080. The van der Waals surface area contributed by atoms with Crippen LogP contribution in [0.4, 0.5) is 10.1 Å². The summed E-state index contributed by atoms with van der Waals surface area (Å²) in [4.78, 5) is 21.5. The van der Waals surface area contributed by atoms with E-state index in [1.54, 1.807) is 24.4 Å². The highest BCUT2D eigenvalue weighted by atomic mass is 19.1. The average molecular weight is 404 g/mol. The maximum absolute atomic E-state index is 13.1. The number of allylic oxidation sites excluding steroid dienone is 1. The maximum Gasteiger partial charge on any atom is 0.189 e. The summed E-state index contributed by atoms with van der Waals surface area (Å²) in [5, 5.41) is 0.895. The fraction of sp³-hybridized carbons (Fsp3) is 0.250. The average Bonchev–Trinajstić information content (AvgIpc) is 2.74. The van der Waals surface area contributed by atoms with Crippen LogP contribution in [0.5, 0.6) is 0 Å². The van der Waals surface area contributed by atoms with E-state index in [0.29, 0.717) is 11.3 Å². The van der Waals surface area contributed by atoms with Gasteiger partial charge in [0.1, 0.15) is 5.82 Å². The van der Waals surface area contributed by atoms with Crippen molar-refractivity contribution >= 4 is 22.4 Å². The third-order valence-electron chi connectivity index (χ3n) is 5.54. The molecule has 0 radical (unpaired) electrons. The van der Waals surface area contributed by atoms with Crippen molar-refractivity contribution in [2.24, 2.45) is 0 Å². The second kappa shape index (κ2) is 8.63. The minimum Gasteiger partial charge on any atom is -0.398 e. The molecule has 154 valence electrons. The number of hydrogen-bond acceptors (Lipinski definition) is 5. The molecule has 6 heteroatoms. The summed E-state index contributed by atoms with van der Waals surface area (Å²) >= 11 is 0. The molecule has 2 aromatic carbocycles. The number of carbonyl (C=O) groups excluding carboxylic acids is 1. The first-order valence-electron chi connectivity index (χ1n) is 10.1. The van der Waals surface area contributed by atoms with Crippen LogP contribution >= 0.6 is 0 Å². The minimum absolute atomic E-state index is 0.112. The van der Waals surface area contributed by atoms with Crippen LogP contribution in [0.15, 0.2) is 67.0 Å². The molecule has 1 saturated heterocycles. The number of fused-ring (bicyclic) bond motifs is 1. The number of halogens is 1. The van der Waals surface area contributed by atoms with Crippen LogP contribution < -0.4 is 5.73 Å². The predicted molar refractivity (Wildman–Crippen MR) is 117 cm³/mol. The smallest absolute Gasteiger partial charge is 0.189 e. The van der Waals surface area contributed by atoms with Gasteiger partial charge in [0, 0.05) is 67.3 Å². The molecule has 5 nitrogen and oxygen atoms in total. The zero-order valence-electron chi connectivity index (χ0n) is 17.0. The summed E-state index contributed by atoms with van der Waals surface area (Å²) in [7, 11) is 0. The topological polar surface area (TPSA) is 62.5 Å². The zero-order chi connectivity index (χ0) is 21.1. The van der Waals surface area contributed by atoms with Crippen molar-refractivity contribution in [2.75, 3.05) is 25.4 Å². The van der Waals surface area contributed by atoms with E-state index >= 15 is 0 Å². The molecule has 1 aliphatic heterocycles. The van der Waals surface area contributed by atoms with Gasteiger partial charge in [-0.25, -0.2) is 4.39 Å². The minimum atomic E-state index is -0.213. The Morgan fingerprint density at radius 3 is 2.80 bits per heavy atom. The van der Waals surface area contributed by atoms with Crippen molar-refractivity contribution in [2.45, 2.75) is 19.5 Å². The van der Waals surface area contributed by atoms with E-state index in [9.17, 15) is 9.18 Å². The van der Waals surface area contributed by atoms with E-state index in [0.717, 1.165) is 42.6 Å². The Hall–Kier alpha value is -3.25. The molecule has 3 aromatic rings. The van der Waals surface area contributed by atoms with Gasteiger partial charge in [0.25, 0.3) is 0 Å². The van der Waals surface area contributed by atoms with Gasteiger partial charge in [-0.2, -0.15) is 0 Å². The van der Waals surface area contributed by atoms with Crippen LogP contribution in [0.2, 0.25) is 0 Å². The number of benzene rings is 2. The number of pyridine rings is 1. The highest BCUT2D eigenvalue weighted by molar-refractivity contribution is 6.10. The molecule has 2 heterocycles. The molecule has 1 aromatic heterocycles. The van der Waals surface area contributed by atoms with Crippen molar-refractivity contribution in [3.63, 3.8) is 0 Å². The number of carbonyl (C=O) groups is 1. The lowest BCUT2D eigenvalue weighted by Crippen LogP contribution is -2.49. The zero-order valence-corrected chi connectivity index (χ0v) is 17.0. The Morgan fingerprint density at radius 2 is 2.03 bits per heavy atom. The third kappa shape index (κ3) is 4.49. The van der Waals surface area contributed by atoms with Crippen LogP contribution in [0.3, 0.4) is 0 Å². The number of hydrogen-bond donors (Lipinski definition) is 1. The van der Waals surface area contributed by atoms with Crippen LogP contribution in [0, 0.1) is 5.82 Å². The second-order valence-corrected chi connectivity index (χ2v) is 7.76. The van der Waals surface area contributed by atoms with Gasteiger partial charge in [-0.1, -0.05) is 18.2 Å². The Balaban J connectivity index is 1.39. The lowest BCUT2D eigenvalue weighted by molar-refractivity contribution is 0.103. The Kier molecular flexibility index (Phi) is 5.77. The molecule has 0 amide bonds. The number of nitrogen functional groups attached to an aromatic ring is 1. The van der Waals surface area contributed by atoms with Crippen LogP contribution in [-0.4, -0.2) is 46.2 Å². The first kappa shape index (κ1) is 20.0. The van der Waals surface area contributed by atoms with Crippen molar-refractivity contribution < 1.29 is 9.18 Å². The molecule has 2 N–H and O–H groups in total. The van der Waals surface area contributed by atoms with Crippen molar-refractivity contribution in [1.29, 1.82) is 0 Å². The molecule has 0 spiro atoms. The van der Waals surface area contributed by atoms with E-state index in [2.05, 4.69) is 21.7 Å². The SMILES string of the molecule is C[C@@H]1CN(Cc2ccc(F)cc2)CCN1C=CC(=O)c1cc2cccnc2cc1N. The lowest BCUT2D eigenvalue weighted by atomic mass is 10.0. The van der Waals surface area contributed by atoms with Crippen molar-refractivity contribution in [3.05, 3.63) is 83.9 Å². The second-order valence-electron chi connectivity index (χ2n) is 7.76. The van der Waals surface area contributed by atoms with Crippen LogP contribution in [0.1, 0.15) is 22.8 Å². The molecular weight excluding hydrogens is 379 g/mol. The van der Waals surface area contributed by atoms with Crippen LogP contribution in [0.25, 0.3) is 10.9 Å². The molecule has 30 heavy (non-hydrogen) atoms. The quantitative estimate of drug-likeness (QED) is 0.398. The molecule has 0 aliphatic carbocycles. The van der Waals surface area contributed by atoms with Gasteiger partial charge < -0.3 is 10.6 Å². The molecule has 1 fully saturated rings. The van der Waals surface area contributed by atoms with Gasteiger partial charge in [0.15, 0.2) is 5.78 Å². The lowest BCUT2D eigenvalue weighted by Gasteiger charge is -2.39. The summed E-state index contributed by atoms with van der Waals surface area (Å²) in [5.41, 5.74) is 8.90. The van der Waals surface area contributed by atoms with Crippen molar-refractivity contribution in [1.82, 2.24) is 14.8 Å². The summed E-state index contributed by atoms with van der Waals surface area (Å²) in [6, 6.07) is 14.2. The standard InChI is InChI=1S/C24H25FN4O/c1-17-15-28(16-18-4-6-20(25)7-5-18)11-12-29(17)10-8-24(30)21-13-19-3-2-9-27-23(19)14-22(21)26/h2-10,13-14,17H,11-12,15-16,26H2,1H3/t17-/m1/s1. The fourth-order valence-electron chi connectivity index (χ4n) is 3.86. The van der Waals surface area contributed by atoms with E-state index in [-0.39, 0.29) is 17.6 Å². The van der Waals surface area contributed by atoms with Gasteiger partial charge >= 0.3 is 0 Å². The largest absolute Gasteiger partial charge is 0.398 e. The summed E-state index contributed by atoms with van der Waals surface area (Å²) in [6.07, 6.45) is 5.18. The number of nitrogens with zero attached hydrogens (tertiary/aromatic N) is 3. The van der Waals surface area contributed by atoms with Crippen molar-refractivity contribution in [3.8, 4) is 0 Å². The summed E-state index contributed by atoms with van der Waals surface area (Å²) < 4.78 is 13.1. The van der Waals surface area contributed by atoms with Gasteiger partial charge in [-0.05, 0) is 42.8 Å². The third-order valence-corrected chi connectivity index (χ3v) is 5.54. The molecule has 0 saturated carbocycles. The highest BCUT2D eigenvalue weighted by Gasteiger charge is 2.21. The van der Waals surface area contributed by atoms with Gasteiger partial charge in [-0.15, -0.1) is 0 Å². The molecule has 4 rings (SSSR count). The number of ketones is 1. The number of piperazine rings is 1. The molecular formula is C24H25FN4O. The Morgan fingerprint density at radius 1 is 1.23 bits per heavy atom. The van der Waals surface area contributed by atoms with Gasteiger partial charge in [0.2, 0.25) is 0 Å². The monoisotopic (exact) mass is 404 g/mol. The first-order valence-corrected chi connectivity index (χ1v) is 10.1. The van der Waals surface area contributed by atoms with Gasteiger partial charge in [0.05, 0.1) is 5.52 Å². The van der Waals surface area contributed by atoms with E-state index in [4.69, 9.17) is 5.73 Å². The van der Waals surface area contributed by atoms with Gasteiger partial charge in [-0.3, -0.25) is 14.7 Å². The van der Waals surface area contributed by atoms with E-state index < -0.39 is 0 Å². The number of aromatic nitrogens is 1. The number of rotatable bonds is 5. The highest BCUT2D eigenvalue weighted by Crippen LogP contribution is 2.21. The first-order chi connectivity index (χ1) is 14.5. The fourth-order valence-corrected chi connectivity index (χ4v) is 3.86. The van der Waals surface area contributed by atoms with E-state index in [1.807, 2.05) is 30.5 Å².